The maximum absolute atomic E-state index is 12.8. The normalized spacial score (nSPS) is 22.6. The van der Waals surface area contributed by atoms with Crippen molar-refractivity contribution in [3.05, 3.63) is 26.6 Å². The molecular formula is C11H7Br2F3O3. The van der Waals surface area contributed by atoms with Gasteiger partial charge in [0.1, 0.15) is 11.7 Å². The third-order valence-electron chi connectivity index (χ3n) is 2.78. The molecule has 2 rings (SSSR count). The highest BCUT2D eigenvalue weighted by Gasteiger charge is 2.52. The number of fused-ring (bicyclic) bond motifs is 1. The van der Waals surface area contributed by atoms with Crippen LogP contribution in [0.4, 0.5) is 13.2 Å². The minimum atomic E-state index is -4.73. The lowest BCUT2D eigenvalue weighted by Crippen LogP contribution is -2.47. The lowest BCUT2D eigenvalue weighted by atomic mass is 9.90. The van der Waals surface area contributed by atoms with E-state index in [1.54, 1.807) is 12.1 Å². The van der Waals surface area contributed by atoms with Crippen molar-refractivity contribution in [1.29, 1.82) is 0 Å². The van der Waals surface area contributed by atoms with Crippen LogP contribution in [0.1, 0.15) is 5.56 Å². The Morgan fingerprint density at radius 3 is 2.53 bits per heavy atom. The Balaban J connectivity index is 2.48. The van der Waals surface area contributed by atoms with Crippen LogP contribution in [0, 0.1) is 5.92 Å². The topological polar surface area (TPSA) is 46.5 Å². The first-order valence-electron chi connectivity index (χ1n) is 5.14. The molecule has 0 fully saturated rings. The van der Waals surface area contributed by atoms with E-state index in [0.717, 1.165) is 0 Å². The smallest absolute Gasteiger partial charge is 0.426 e. The molecule has 1 aliphatic heterocycles. The van der Waals surface area contributed by atoms with E-state index in [-0.39, 0.29) is 12.2 Å². The number of carboxylic acid groups (broad SMARTS) is 1. The van der Waals surface area contributed by atoms with Crippen LogP contribution in [0.5, 0.6) is 5.75 Å². The number of ether oxygens (including phenoxy) is 1. The van der Waals surface area contributed by atoms with Crippen LogP contribution in [0.25, 0.3) is 0 Å². The van der Waals surface area contributed by atoms with E-state index in [0.29, 0.717) is 14.5 Å². The van der Waals surface area contributed by atoms with Crippen LogP contribution in [0.3, 0.4) is 0 Å². The van der Waals surface area contributed by atoms with Crippen LogP contribution in [0.2, 0.25) is 0 Å². The summed E-state index contributed by atoms with van der Waals surface area (Å²) in [5.41, 5.74) is 0.425. The second kappa shape index (κ2) is 4.97. The molecule has 1 heterocycles. The predicted octanol–water partition coefficient (Wildman–Crippen LogP) is 3.78. The molecule has 0 spiro atoms. The number of aliphatic carboxylic acids is 1. The standard InChI is InChI=1S/C11H7Br2F3O3/c12-5-1-4-2-6(10(17)18)9(11(14,15)16)19-8(4)7(13)3-5/h1,3,6,9H,2H2,(H,17,18)/t6-,9-/m0/s1. The molecule has 104 valence electrons. The van der Waals surface area contributed by atoms with E-state index in [4.69, 9.17) is 9.84 Å². The van der Waals surface area contributed by atoms with E-state index in [2.05, 4.69) is 31.9 Å². The van der Waals surface area contributed by atoms with E-state index in [1.165, 1.54) is 0 Å². The molecule has 0 radical (unpaired) electrons. The number of carbonyl (C=O) groups is 1. The first-order valence-corrected chi connectivity index (χ1v) is 6.73. The quantitative estimate of drug-likeness (QED) is 0.776. The number of halogens is 5. The molecular weight excluding hydrogens is 397 g/mol. The van der Waals surface area contributed by atoms with E-state index in [9.17, 15) is 18.0 Å². The molecule has 2 atom stereocenters. The van der Waals surface area contributed by atoms with Gasteiger partial charge in [-0.05, 0) is 40.0 Å². The Kier molecular flexibility index (Phi) is 3.83. The Hall–Kier alpha value is -0.760. The minimum absolute atomic E-state index is 0.0445. The molecule has 19 heavy (non-hydrogen) atoms. The first-order chi connectivity index (χ1) is 8.70. The fourth-order valence-electron chi connectivity index (χ4n) is 1.96. The number of hydrogen-bond donors (Lipinski definition) is 1. The van der Waals surface area contributed by atoms with Gasteiger partial charge in [0.25, 0.3) is 0 Å². The molecule has 1 N–H and O–H groups in total. The van der Waals surface area contributed by atoms with Crippen molar-refractivity contribution in [2.75, 3.05) is 0 Å². The number of carboxylic acids is 1. The molecule has 8 heteroatoms. The van der Waals surface area contributed by atoms with Gasteiger partial charge in [-0.2, -0.15) is 13.2 Å². The molecule has 1 aromatic rings. The van der Waals surface area contributed by atoms with Crippen LogP contribution in [-0.4, -0.2) is 23.4 Å². The fraction of sp³-hybridized carbons (Fsp3) is 0.364. The summed E-state index contributed by atoms with van der Waals surface area (Å²) in [5.74, 6) is -3.12. The average molecular weight is 404 g/mol. The minimum Gasteiger partial charge on any atom is -0.481 e. The second-order valence-corrected chi connectivity index (χ2v) is 5.87. The van der Waals surface area contributed by atoms with Gasteiger partial charge < -0.3 is 9.84 Å². The molecule has 0 amide bonds. The van der Waals surface area contributed by atoms with Crippen molar-refractivity contribution >= 4 is 37.8 Å². The number of benzene rings is 1. The largest absolute Gasteiger partial charge is 0.481 e. The van der Waals surface area contributed by atoms with Gasteiger partial charge in [0.15, 0.2) is 0 Å². The van der Waals surface area contributed by atoms with Crippen LogP contribution >= 0.6 is 31.9 Å². The van der Waals surface area contributed by atoms with E-state index in [1.807, 2.05) is 0 Å². The summed E-state index contributed by atoms with van der Waals surface area (Å²) in [5, 5.41) is 8.93. The van der Waals surface area contributed by atoms with Gasteiger partial charge in [-0.3, -0.25) is 4.79 Å². The van der Waals surface area contributed by atoms with Gasteiger partial charge in [-0.15, -0.1) is 0 Å². The highest BCUT2D eigenvalue weighted by atomic mass is 79.9. The maximum atomic E-state index is 12.8. The number of hydrogen-bond acceptors (Lipinski definition) is 2. The number of alkyl halides is 3. The Labute approximate surface area is 123 Å². The van der Waals surface area contributed by atoms with Gasteiger partial charge >= 0.3 is 12.1 Å². The van der Waals surface area contributed by atoms with E-state index < -0.39 is 24.2 Å². The third-order valence-corrected chi connectivity index (χ3v) is 3.82. The van der Waals surface area contributed by atoms with Crippen molar-refractivity contribution in [2.24, 2.45) is 5.92 Å². The van der Waals surface area contributed by atoms with Crippen molar-refractivity contribution in [3.63, 3.8) is 0 Å². The highest BCUT2D eigenvalue weighted by molar-refractivity contribution is 9.11. The Bertz CT molecular complexity index is 531. The summed E-state index contributed by atoms with van der Waals surface area (Å²) < 4.78 is 44.4. The summed E-state index contributed by atoms with van der Waals surface area (Å²) in [4.78, 5) is 11.0. The lowest BCUT2D eigenvalue weighted by molar-refractivity contribution is -0.217. The molecule has 0 bridgehead atoms. The van der Waals surface area contributed by atoms with Gasteiger partial charge in [0.05, 0.1) is 4.47 Å². The summed E-state index contributed by atoms with van der Waals surface area (Å²) in [6.07, 6.45) is -7.30. The van der Waals surface area contributed by atoms with Crippen LogP contribution in [0.15, 0.2) is 21.1 Å². The van der Waals surface area contributed by atoms with Crippen molar-refractivity contribution in [2.45, 2.75) is 18.7 Å². The Morgan fingerprint density at radius 1 is 1.37 bits per heavy atom. The third kappa shape index (κ3) is 2.89. The van der Waals surface area contributed by atoms with Gasteiger partial charge in [0, 0.05) is 4.47 Å². The summed E-state index contributed by atoms with van der Waals surface area (Å²) in [6, 6.07) is 3.11. The molecule has 1 aromatic carbocycles. The maximum Gasteiger partial charge on any atom is 0.426 e. The fourth-order valence-corrected chi connectivity index (χ4v) is 3.37. The monoisotopic (exact) mass is 402 g/mol. The molecule has 0 saturated carbocycles. The van der Waals surface area contributed by atoms with Crippen molar-refractivity contribution in [3.8, 4) is 5.75 Å². The van der Waals surface area contributed by atoms with Gasteiger partial charge in [-0.1, -0.05) is 15.9 Å². The van der Waals surface area contributed by atoms with Gasteiger partial charge in [0.2, 0.25) is 6.10 Å². The van der Waals surface area contributed by atoms with E-state index >= 15 is 0 Å². The zero-order valence-electron chi connectivity index (χ0n) is 9.17. The molecule has 0 aromatic heterocycles. The lowest BCUT2D eigenvalue weighted by Gasteiger charge is -2.33. The zero-order chi connectivity index (χ0) is 14.4. The molecule has 0 unspecified atom stereocenters. The average Bonchev–Trinajstić information content (AvgIpc) is 2.25. The van der Waals surface area contributed by atoms with Crippen LogP contribution < -0.4 is 4.74 Å². The molecule has 0 saturated heterocycles. The highest BCUT2D eigenvalue weighted by Crippen LogP contribution is 2.43. The van der Waals surface area contributed by atoms with Crippen LogP contribution in [-0.2, 0) is 11.2 Å². The number of rotatable bonds is 1. The molecule has 1 aliphatic rings. The Morgan fingerprint density at radius 2 is 2.00 bits per heavy atom. The predicted molar refractivity (Wildman–Crippen MR) is 67.1 cm³/mol. The summed E-state index contributed by atoms with van der Waals surface area (Å²) in [6.45, 7) is 0. The zero-order valence-corrected chi connectivity index (χ0v) is 12.3. The summed E-state index contributed by atoms with van der Waals surface area (Å²) in [7, 11) is 0. The summed E-state index contributed by atoms with van der Waals surface area (Å²) >= 11 is 6.31. The van der Waals surface area contributed by atoms with Crippen molar-refractivity contribution < 1.29 is 27.8 Å². The molecule has 3 nitrogen and oxygen atoms in total. The molecule has 0 aliphatic carbocycles. The SMILES string of the molecule is O=C(O)[C@H]1Cc2cc(Br)cc(Br)c2O[C@@H]1C(F)(F)F. The van der Waals surface area contributed by atoms with Gasteiger partial charge in [-0.25, -0.2) is 0 Å². The first kappa shape index (κ1) is 14.6. The second-order valence-electron chi connectivity index (χ2n) is 4.10. The van der Waals surface area contributed by atoms with Crippen molar-refractivity contribution in [1.82, 2.24) is 0 Å².